The molecule has 1 atom stereocenters. The van der Waals surface area contributed by atoms with Crippen molar-refractivity contribution in [1.82, 2.24) is 4.57 Å². The number of hydrogen-bond donors (Lipinski definition) is 2. The second kappa shape index (κ2) is 11.2. The zero-order valence-electron chi connectivity index (χ0n) is 27.1. The van der Waals surface area contributed by atoms with Crippen LogP contribution in [0.15, 0.2) is 169 Å². The van der Waals surface area contributed by atoms with Gasteiger partial charge >= 0.3 is 0 Å². The van der Waals surface area contributed by atoms with Gasteiger partial charge in [-0.3, -0.25) is 0 Å². The molecule has 50 heavy (non-hydrogen) atoms. The smallest absolute Gasteiger partial charge is 0.0615 e. The van der Waals surface area contributed by atoms with Gasteiger partial charge in [-0.2, -0.15) is 0 Å². The van der Waals surface area contributed by atoms with Gasteiger partial charge in [-0.1, -0.05) is 121 Å². The maximum Gasteiger partial charge on any atom is 0.0615 e. The molecule has 0 bridgehead atoms. The van der Waals surface area contributed by atoms with Crippen molar-refractivity contribution in [3.8, 4) is 5.69 Å². The summed E-state index contributed by atoms with van der Waals surface area (Å²) >= 11 is 1.80. The average molecular weight is 658 g/mol. The van der Waals surface area contributed by atoms with Gasteiger partial charge in [0.05, 0.1) is 22.8 Å². The van der Waals surface area contributed by atoms with Crippen molar-refractivity contribution in [3.63, 3.8) is 0 Å². The molecule has 0 fully saturated rings. The first-order valence-corrected chi connectivity index (χ1v) is 17.7. The number of hydrogen-bond acceptors (Lipinski definition) is 3. The van der Waals surface area contributed by atoms with Crippen molar-refractivity contribution in [2.75, 3.05) is 0 Å². The summed E-state index contributed by atoms with van der Waals surface area (Å²) in [5.74, 6) is 0. The maximum absolute atomic E-state index is 8.88. The Morgan fingerprint density at radius 2 is 1.18 bits per heavy atom. The van der Waals surface area contributed by atoms with Crippen molar-refractivity contribution in [3.05, 3.63) is 181 Å². The Balaban J connectivity index is 1.14. The van der Waals surface area contributed by atoms with Gasteiger partial charge in [-0.15, -0.1) is 11.3 Å². The lowest BCUT2D eigenvalue weighted by Gasteiger charge is -2.22. The quantitative estimate of drug-likeness (QED) is 0.194. The van der Waals surface area contributed by atoms with Crippen molar-refractivity contribution in [2.24, 2.45) is 5.73 Å². The number of benzene rings is 7. The van der Waals surface area contributed by atoms with Gasteiger partial charge in [0.25, 0.3) is 0 Å². The molecule has 10 rings (SSSR count). The molecule has 0 spiro atoms. The molecule has 3 N–H and O–H groups in total. The molecule has 0 saturated carbocycles. The highest BCUT2D eigenvalue weighted by molar-refractivity contribution is 7.25. The van der Waals surface area contributed by atoms with Crippen LogP contribution in [0.4, 0.5) is 0 Å². The summed E-state index contributed by atoms with van der Waals surface area (Å²) in [4.78, 5) is 0. The topological polar surface area (TPSA) is 54.8 Å². The first-order valence-electron chi connectivity index (χ1n) is 16.9. The Morgan fingerprint density at radius 1 is 0.580 bits per heavy atom. The Bertz CT molecular complexity index is 2860. The van der Waals surface area contributed by atoms with Crippen LogP contribution in [0.1, 0.15) is 17.2 Å². The molecule has 1 aliphatic rings. The fraction of sp³-hybridized carbons (Fsp3) is 0.0217. The zero-order chi connectivity index (χ0) is 33.3. The van der Waals surface area contributed by atoms with Gasteiger partial charge in [0, 0.05) is 42.2 Å². The van der Waals surface area contributed by atoms with Crippen LogP contribution >= 0.6 is 11.3 Å². The largest absolute Gasteiger partial charge is 0.320 e. The fourth-order valence-electron chi connectivity index (χ4n) is 7.94. The minimum atomic E-state index is -0.437. The summed E-state index contributed by atoms with van der Waals surface area (Å²) in [6, 6.07) is 49.8. The lowest BCUT2D eigenvalue weighted by Crippen LogP contribution is -2.16. The second-order valence-corrected chi connectivity index (χ2v) is 14.1. The summed E-state index contributed by atoms with van der Waals surface area (Å²) in [6.07, 6.45) is 7.78. The first-order chi connectivity index (χ1) is 24.6. The SMILES string of the molecule is N=C1C=CC=C/C1=C(\c1ccc2c(c1)sc1ccccc12)[C@H](N)c1ccc(-n2c3ccc4ccccc4c3c3c4ccccc4ccc32)cc1. The third-order valence-electron chi connectivity index (χ3n) is 10.3. The van der Waals surface area contributed by atoms with Crippen LogP contribution in [0.3, 0.4) is 0 Å². The van der Waals surface area contributed by atoms with E-state index in [0.29, 0.717) is 5.71 Å². The Kier molecular flexibility index (Phi) is 6.50. The maximum atomic E-state index is 8.88. The van der Waals surface area contributed by atoms with Crippen LogP contribution in [0.25, 0.3) is 74.8 Å². The second-order valence-electron chi connectivity index (χ2n) is 13.0. The van der Waals surface area contributed by atoms with E-state index in [1.165, 1.54) is 63.5 Å². The molecule has 7 aromatic carbocycles. The lowest BCUT2D eigenvalue weighted by atomic mass is 9.86. The average Bonchev–Trinajstić information content (AvgIpc) is 3.71. The summed E-state index contributed by atoms with van der Waals surface area (Å²) in [6.45, 7) is 0. The third-order valence-corrected chi connectivity index (χ3v) is 11.4. The number of fused-ring (bicyclic) bond motifs is 10. The lowest BCUT2D eigenvalue weighted by molar-refractivity contribution is 0.928. The van der Waals surface area contributed by atoms with Gasteiger partial charge in [-0.25, -0.2) is 0 Å². The van der Waals surface area contributed by atoms with Gasteiger partial charge < -0.3 is 15.7 Å². The van der Waals surface area contributed by atoms with Crippen LogP contribution in [-0.2, 0) is 0 Å². The van der Waals surface area contributed by atoms with Crippen molar-refractivity contribution in [1.29, 1.82) is 5.41 Å². The van der Waals surface area contributed by atoms with Crippen molar-refractivity contribution in [2.45, 2.75) is 6.04 Å². The predicted octanol–water partition coefficient (Wildman–Crippen LogP) is 12.1. The molecule has 0 amide bonds. The number of nitrogens with zero attached hydrogens (tertiary/aromatic N) is 1. The highest BCUT2D eigenvalue weighted by atomic mass is 32.1. The molecule has 9 aromatic rings. The monoisotopic (exact) mass is 657 g/mol. The van der Waals surface area contributed by atoms with Crippen molar-refractivity contribution >= 4 is 86.1 Å². The van der Waals surface area contributed by atoms with Crippen molar-refractivity contribution < 1.29 is 0 Å². The number of nitrogens with one attached hydrogen (secondary N) is 1. The summed E-state index contributed by atoms with van der Waals surface area (Å²) in [5.41, 5.74) is 15.0. The molecule has 0 unspecified atom stereocenters. The van der Waals surface area contributed by atoms with E-state index < -0.39 is 6.04 Å². The van der Waals surface area contributed by atoms with E-state index in [1.54, 1.807) is 11.3 Å². The number of rotatable bonds is 4. The molecule has 236 valence electrons. The molecule has 3 nitrogen and oxygen atoms in total. The van der Waals surface area contributed by atoms with Gasteiger partial charge in [-0.05, 0) is 80.7 Å². The first kappa shape index (κ1) is 28.9. The predicted molar refractivity (Wildman–Crippen MR) is 215 cm³/mol. The minimum absolute atomic E-state index is 0.437. The summed E-state index contributed by atoms with van der Waals surface area (Å²) < 4.78 is 4.88. The number of allylic oxidation sites excluding steroid dienone is 5. The Hall–Kier alpha value is -6.07. The van der Waals surface area contributed by atoms with E-state index >= 15 is 0 Å². The fourth-order valence-corrected chi connectivity index (χ4v) is 9.08. The third kappa shape index (κ3) is 4.36. The molecule has 0 radical (unpaired) electrons. The van der Waals surface area contributed by atoms with E-state index in [-0.39, 0.29) is 0 Å². The normalized spacial score (nSPS) is 14.9. The number of nitrogens with two attached hydrogens (primary N) is 1. The highest BCUT2D eigenvalue weighted by Crippen LogP contribution is 2.42. The molecular weight excluding hydrogens is 627 g/mol. The standard InChI is InChI=1S/C46H31N3S/c47-38-15-7-5-14-37(38)43(31-19-24-36-35-13-6-8-16-41(35)50-42(36)27-31)46(48)30-17-22-32(23-18-30)49-39-25-20-28-9-1-3-11-33(28)44(39)45-34-12-4-2-10-29(34)21-26-40(45)49/h1-27,46-47H,48H2/b43-37-,47-38?/t46-/m1/s1. The van der Waals surface area contributed by atoms with Gasteiger partial charge in [0.1, 0.15) is 0 Å². The Morgan fingerprint density at radius 3 is 1.86 bits per heavy atom. The summed E-state index contributed by atoms with van der Waals surface area (Å²) in [7, 11) is 0. The van der Waals surface area contributed by atoms with E-state index in [4.69, 9.17) is 11.1 Å². The van der Waals surface area contributed by atoms with Gasteiger partial charge in [0.2, 0.25) is 0 Å². The van der Waals surface area contributed by atoms with E-state index in [1.807, 2.05) is 24.3 Å². The van der Waals surface area contributed by atoms with Crippen LogP contribution in [-0.4, -0.2) is 10.3 Å². The van der Waals surface area contributed by atoms with Gasteiger partial charge in [0.15, 0.2) is 0 Å². The van der Waals surface area contributed by atoms with Crippen LogP contribution in [0.5, 0.6) is 0 Å². The van der Waals surface area contributed by atoms with Crippen LogP contribution in [0, 0.1) is 5.41 Å². The molecule has 2 heterocycles. The molecular formula is C46H31N3S. The van der Waals surface area contributed by atoms with E-state index in [2.05, 4.69) is 144 Å². The zero-order valence-corrected chi connectivity index (χ0v) is 27.9. The highest BCUT2D eigenvalue weighted by Gasteiger charge is 2.22. The Labute approximate surface area is 293 Å². The molecule has 0 aliphatic heterocycles. The minimum Gasteiger partial charge on any atom is -0.320 e. The summed E-state index contributed by atoms with van der Waals surface area (Å²) in [5, 5.41) is 18.9. The number of thiophene rings is 1. The molecule has 1 aliphatic carbocycles. The number of aromatic nitrogens is 1. The molecule has 2 aromatic heterocycles. The molecule has 0 saturated heterocycles. The van der Waals surface area contributed by atoms with Crippen LogP contribution in [0.2, 0.25) is 0 Å². The molecule has 4 heteroatoms. The van der Waals surface area contributed by atoms with E-state index in [0.717, 1.165) is 28.0 Å². The van der Waals surface area contributed by atoms with E-state index in [9.17, 15) is 0 Å². The van der Waals surface area contributed by atoms with Crippen LogP contribution < -0.4 is 5.73 Å².